The van der Waals surface area contributed by atoms with Gasteiger partial charge in [-0.25, -0.2) is 0 Å². The maximum absolute atomic E-state index is 12.0. The van der Waals surface area contributed by atoms with E-state index in [0.717, 1.165) is 6.08 Å². The molecule has 0 radical (unpaired) electrons. The molecular weight excluding hydrogens is 153 g/mol. The van der Waals surface area contributed by atoms with Crippen molar-refractivity contribution in [1.82, 2.24) is 0 Å². The SMILES string of the molecule is C[C@@H]1C=C(C(F)(F)F)C=CC1. The van der Waals surface area contributed by atoms with Gasteiger partial charge in [0.25, 0.3) is 0 Å². The summed E-state index contributed by atoms with van der Waals surface area (Å²) in [7, 11) is 0. The molecule has 0 aliphatic heterocycles. The van der Waals surface area contributed by atoms with Crippen molar-refractivity contribution in [2.24, 2.45) is 5.92 Å². The molecule has 1 atom stereocenters. The van der Waals surface area contributed by atoms with Crippen molar-refractivity contribution < 1.29 is 13.2 Å². The summed E-state index contributed by atoms with van der Waals surface area (Å²) in [5, 5.41) is 0. The van der Waals surface area contributed by atoms with Gasteiger partial charge in [0.2, 0.25) is 0 Å². The van der Waals surface area contributed by atoms with Crippen LogP contribution in [0, 0.1) is 5.92 Å². The Morgan fingerprint density at radius 1 is 1.45 bits per heavy atom. The largest absolute Gasteiger partial charge is 0.416 e. The van der Waals surface area contributed by atoms with Crippen LogP contribution in [0.4, 0.5) is 13.2 Å². The van der Waals surface area contributed by atoms with E-state index in [-0.39, 0.29) is 5.92 Å². The molecule has 1 aliphatic rings. The Balaban J connectivity index is 2.80. The average molecular weight is 162 g/mol. The van der Waals surface area contributed by atoms with Crippen molar-refractivity contribution in [3.05, 3.63) is 23.8 Å². The predicted molar refractivity (Wildman–Crippen MR) is 37.1 cm³/mol. The van der Waals surface area contributed by atoms with Crippen LogP contribution in [0.5, 0.6) is 0 Å². The molecule has 0 aromatic carbocycles. The molecule has 0 fully saturated rings. The van der Waals surface area contributed by atoms with Crippen molar-refractivity contribution in [3.8, 4) is 0 Å². The number of halogens is 3. The third-order valence-corrected chi connectivity index (χ3v) is 1.60. The second kappa shape index (κ2) is 2.72. The highest BCUT2D eigenvalue weighted by Gasteiger charge is 2.32. The molecule has 0 unspecified atom stereocenters. The van der Waals surface area contributed by atoms with Crippen molar-refractivity contribution >= 4 is 0 Å². The minimum atomic E-state index is -4.18. The zero-order chi connectivity index (χ0) is 8.48. The second-order valence-corrected chi connectivity index (χ2v) is 2.74. The molecule has 0 amide bonds. The number of hydrogen-bond acceptors (Lipinski definition) is 0. The van der Waals surface area contributed by atoms with Crippen molar-refractivity contribution in [1.29, 1.82) is 0 Å². The number of alkyl halides is 3. The number of hydrogen-bond donors (Lipinski definition) is 0. The molecule has 1 aliphatic carbocycles. The van der Waals surface area contributed by atoms with Crippen LogP contribution in [-0.4, -0.2) is 6.18 Å². The summed E-state index contributed by atoms with van der Waals surface area (Å²) in [6, 6.07) is 0. The van der Waals surface area contributed by atoms with Crippen molar-refractivity contribution in [2.45, 2.75) is 19.5 Å². The maximum Gasteiger partial charge on any atom is 0.416 e. The first kappa shape index (κ1) is 8.37. The molecule has 3 heteroatoms. The van der Waals surface area contributed by atoms with Gasteiger partial charge in [-0.15, -0.1) is 0 Å². The zero-order valence-corrected chi connectivity index (χ0v) is 6.15. The molecule has 0 nitrogen and oxygen atoms in total. The molecule has 0 aromatic rings. The molecule has 0 saturated carbocycles. The van der Waals surface area contributed by atoms with E-state index in [1.165, 1.54) is 6.08 Å². The van der Waals surface area contributed by atoms with Crippen molar-refractivity contribution in [3.63, 3.8) is 0 Å². The van der Waals surface area contributed by atoms with E-state index in [1.54, 1.807) is 13.0 Å². The molecular formula is C8H9F3. The van der Waals surface area contributed by atoms with Gasteiger partial charge in [0.1, 0.15) is 0 Å². The van der Waals surface area contributed by atoms with E-state index in [9.17, 15) is 13.2 Å². The van der Waals surface area contributed by atoms with Crippen LogP contribution < -0.4 is 0 Å². The van der Waals surface area contributed by atoms with Crippen LogP contribution in [0.3, 0.4) is 0 Å². The fourth-order valence-electron chi connectivity index (χ4n) is 1.03. The Morgan fingerprint density at radius 3 is 2.45 bits per heavy atom. The lowest BCUT2D eigenvalue weighted by molar-refractivity contribution is -0.0888. The van der Waals surface area contributed by atoms with Gasteiger partial charge >= 0.3 is 6.18 Å². The lowest BCUT2D eigenvalue weighted by Crippen LogP contribution is -2.13. The Kier molecular flexibility index (Phi) is 2.07. The normalized spacial score (nSPS) is 25.1. The molecule has 0 bridgehead atoms. The van der Waals surface area contributed by atoms with Crippen LogP contribution in [0.15, 0.2) is 23.8 Å². The number of allylic oxidation sites excluding steroid dienone is 4. The molecule has 0 N–H and O–H groups in total. The summed E-state index contributed by atoms with van der Waals surface area (Å²) in [6.07, 6.45) is 0.498. The van der Waals surface area contributed by atoms with Crippen LogP contribution in [-0.2, 0) is 0 Å². The summed E-state index contributed by atoms with van der Waals surface area (Å²) in [5.74, 6) is 0.0108. The van der Waals surface area contributed by atoms with E-state index in [4.69, 9.17) is 0 Å². The maximum atomic E-state index is 12.0. The first-order chi connectivity index (χ1) is 5.00. The molecule has 0 heterocycles. The summed E-state index contributed by atoms with van der Waals surface area (Å²) in [5.41, 5.74) is -0.517. The first-order valence-corrected chi connectivity index (χ1v) is 3.45. The monoisotopic (exact) mass is 162 g/mol. The van der Waals surface area contributed by atoms with E-state index in [1.807, 2.05) is 0 Å². The van der Waals surface area contributed by atoms with Gasteiger partial charge in [-0.05, 0) is 12.3 Å². The highest BCUT2D eigenvalue weighted by atomic mass is 19.4. The summed E-state index contributed by atoms with van der Waals surface area (Å²) in [6.45, 7) is 1.77. The second-order valence-electron chi connectivity index (χ2n) is 2.74. The fraction of sp³-hybridized carbons (Fsp3) is 0.500. The summed E-state index contributed by atoms with van der Waals surface area (Å²) in [4.78, 5) is 0. The standard InChI is InChI=1S/C8H9F3/c1-6-3-2-4-7(5-6)8(9,10)11/h2,4-6H,3H2,1H3/t6-/m0/s1. The van der Waals surface area contributed by atoms with Gasteiger partial charge < -0.3 is 0 Å². The highest BCUT2D eigenvalue weighted by molar-refractivity contribution is 5.27. The summed E-state index contributed by atoms with van der Waals surface area (Å²) < 4.78 is 36.0. The van der Waals surface area contributed by atoms with Gasteiger partial charge in [-0.2, -0.15) is 13.2 Å². The van der Waals surface area contributed by atoms with Gasteiger partial charge in [0.05, 0.1) is 5.57 Å². The minimum absolute atomic E-state index is 0.0108. The lowest BCUT2D eigenvalue weighted by atomic mass is 9.98. The summed E-state index contributed by atoms with van der Waals surface area (Å²) >= 11 is 0. The Hall–Kier alpha value is -0.730. The quantitative estimate of drug-likeness (QED) is 0.513. The van der Waals surface area contributed by atoms with Crippen LogP contribution in [0.2, 0.25) is 0 Å². The van der Waals surface area contributed by atoms with E-state index >= 15 is 0 Å². The third-order valence-electron chi connectivity index (χ3n) is 1.60. The first-order valence-electron chi connectivity index (χ1n) is 3.45. The molecule has 0 aromatic heterocycles. The molecule has 62 valence electrons. The Bertz CT molecular complexity index is 198. The van der Waals surface area contributed by atoms with Crippen LogP contribution in [0.25, 0.3) is 0 Å². The van der Waals surface area contributed by atoms with Gasteiger partial charge in [0.15, 0.2) is 0 Å². The molecule has 0 saturated heterocycles. The van der Waals surface area contributed by atoms with E-state index in [2.05, 4.69) is 0 Å². The van der Waals surface area contributed by atoms with Crippen LogP contribution in [0.1, 0.15) is 13.3 Å². The predicted octanol–water partition coefficient (Wildman–Crippen LogP) is 3.07. The highest BCUT2D eigenvalue weighted by Crippen LogP contribution is 2.30. The van der Waals surface area contributed by atoms with Gasteiger partial charge in [0, 0.05) is 0 Å². The Morgan fingerprint density at radius 2 is 2.09 bits per heavy atom. The molecule has 1 rings (SSSR count). The van der Waals surface area contributed by atoms with Gasteiger partial charge in [-0.1, -0.05) is 25.2 Å². The zero-order valence-electron chi connectivity index (χ0n) is 6.15. The minimum Gasteiger partial charge on any atom is -0.166 e. The lowest BCUT2D eigenvalue weighted by Gasteiger charge is -2.14. The fourth-order valence-corrected chi connectivity index (χ4v) is 1.03. The van der Waals surface area contributed by atoms with E-state index in [0.29, 0.717) is 6.42 Å². The third kappa shape index (κ3) is 2.10. The number of rotatable bonds is 0. The van der Waals surface area contributed by atoms with Gasteiger partial charge in [-0.3, -0.25) is 0 Å². The van der Waals surface area contributed by atoms with Crippen molar-refractivity contribution in [2.75, 3.05) is 0 Å². The van der Waals surface area contributed by atoms with Crippen LogP contribution >= 0.6 is 0 Å². The molecule has 11 heavy (non-hydrogen) atoms. The average Bonchev–Trinajstić information content (AvgIpc) is 1.86. The smallest absolute Gasteiger partial charge is 0.166 e. The Labute approximate surface area is 63.4 Å². The molecule has 0 spiro atoms. The topological polar surface area (TPSA) is 0 Å². The van der Waals surface area contributed by atoms with E-state index < -0.39 is 11.7 Å².